The first-order valence-electron chi connectivity index (χ1n) is 10.3. The Balaban J connectivity index is 1.69. The third-order valence-corrected chi connectivity index (χ3v) is 6.50. The normalized spacial score (nSPS) is 11.6. The van der Waals surface area contributed by atoms with Crippen molar-refractivity contribution in [1.82, 2.24) is 14.6 Å². The van der Waals surface area contributed by atoms with Crippen molar-refractivity contribution in [3.8, 4) is 22.7 Å². The van der Waals surface area contributed by atoms with Crippen molar-refractivity contribution in [3.05, 3.63) is 95.7 Å². The first kappa shape index (κ1) is 22.3. The van der Waals surface area contributed by atoms with Crippen molar-refractivity contribution >= 4 is 16.2 Å². The van der Waals surface area contributed by atoms with E-state index >= 15 is 0 Å². The van der Waals surface area contributed by atoms with Gasteiger partial charge >= 0.3 is 0 Å². The van der Waals surface area contributed by atoms with Gasteiger partial charge in [0.25, 0.3) is 10.0 Å². The Morgan fingerprint density at radius 1 is 1.00 bits per heavy atom. The molecule has 0 radical (unpaired) electrons. The highest BCUT2D eigenvalue weighted by molar-refractivity contribution is 7.89. The molecule has 0 saturated carbocycles. The summed E-state index contributed by atoms with van der Waals surface area (Å²) in [4.78, 5) is 2.53. The predicted molar refractivity (Wildman–Crippen MR) is 129 cm³/mol. The van der Waals surface area contributed by atoms with Crippen molar-refractivity contribution in [2.24, 2.45) is 5.10 Å². The average Bonchev–Trinajstić information content (AvgIpc) is 3.25. The van der Waals surface area contributed by atoms with Crippen LogP contribution >= 0.6 is 0 Å². The molecule has 0 unspecified atom stereocenters. The maximum Gasteiger partial charge on any atom is 0.276 e. The first-order valence-corrected chi connectivity index (χ1v) is 11.8. The van der Waals surface area contributed by atoms with E-state index in [1.54, 1.807) is 30.8 Å². The van der Waals surface area contributed by atoms with Crippen LogP contribution in [0.15, 0.2) is 89.0 Å². The number of sulfonamides is 1. The molecule has 4 aromatic rings. The van der Waals surface area contributed by atoms with E-state index in [4.69, 9.17) is 9.84 Å². The second-order valence-electron chi connectivity index (χ2n) is 7.56. The molecule has 4 rings (SSSR count). The summed E-state index contributed by atoms with van der Waals surface area (Å²) >= 11 is 0. The largest absolute Gasteiger partial charge is 0.497 e. The summed E-state index contributed by atoms with van der Waals surface area (Å²) < 4.78 is 32.6. The van der Waals surface area contributed by atoms with E-state index in [2.05, 4.69) is 9.93 Å². The molecule has 1 N–H and O–H groups in total. The summed E-state index contributed by atoms with van der Waals surface area (Å²) in [5.74, 6) is 0.734. The van der Waals surface area contributed by atoms with Crippen LogP contribution in [0.5, 0.6) is 5.75 Å². The number of hydrazone groups is 1. The van der Waals surface area contributed by atoms with E-state index in [-0.39, 0.29) is 4.90 Å². The van der Waals surface area contributed by atoms with E-state index in [1.807, 2.05) is 73.8 Å². The van der Waals surface area contributed by atoms with E-state index in [1.165, 1.54) is 6.21 Å². The van der Waals surface area contributed by atoms with Gasteiger partial charge in [-0.25, -0.2) is 9.51 Å². The topological polar surface area (TPSA) is 85.6 Å². The lowest BCUT2D eigenvalue weighted by atomic mass is 10.1. The number of aryl methyl sites for hydroxylation is 2. The van der Waals surface area contributed by atoms with Gasteiger partial charge in [0.2, 0.25) is 0 Å². The van der Waals surface area contributed by atoms with Crippen LogP contribution in [-0.4, -0.2) is 31.5 Å². The molecule has 0 amide bonds. The molecule has 7 nitrogen and oxygen atoms in total. The predicted octanol–water partition coefficient (Wildman–Crippen LogP) is 4.48. The molecule has 0 fully saturated rings. The third kappa shape index (κ3) is 4.96. The molecule has 0 atom stereocenters. The molecule has 0 aliphatic rings. The zero-order valence-corrected chi connectivity index (χ0v) is 19.4. The maximum atomic E-state index is 12.8. The summed E-state index contributed by atoms with van der Waals surface area (Å²) in [7, 11) is -2.20. The highest BCUT2D eigenvalue weighted by Gasteiger charge is 2.16. The SMILES string of the molecule is COc1ccc(-c2nn(-c3ccccc3)cc2C=NNS(=O)(=O)c2cc(C)ccc2C)cc1. The molecular formula is C25H24N4O3S. The monoisotopic (exact) mass is 460 g/mol. The molecule has 0 aliphatic heterocycles. The number of benzene rings is 3. The van der Waals surface area contributed by atoms with Gasteiger partial charge in [-0.15, -0.1) is 0 Å². The fourth-order valence-electron chi connectivity index (χ4n) is 3.38. The van der Waals surface area contributed by atoms with Crippen molar-refractivity contribution in [2.45, 2.75) is 18.7 Å². The quantitative estimate of drug-likeness (QED) is 0.326. The maximum absolute atomic E-state index is 12.8. The van der Waals surface area contributed by atoms with Gasteiger partial charge in [-0.1, -0.05) is 30.3 Å². The molecule has 8 heteroatoms. The highest BCUT2D eigenvalue weighted by Crippen LogP contribution is 2.25. The fourth-order valence-corrected chi connectivity index (χ4v) is 4.50. The Morgan fingerprint density at radius 3 is 2.42 bits per heavy atom. The van der Waals surface area contributed by atoms with Crippen LogP contribution in [0.25, 0.3) is 16.9 Å². The number of ether oxygens (including phenoxy) is 1. The summed E-state index contributed by atoms with van der Waals surface area (Å²) in [6.07, 6.45) is 3.28. The zero-order valence-electron chi connectivity index (χ0n) is 18.6. The Bertz CT molecular complexity index is 1390. The summed E-state index contributed by atoms with van der Waals surface area (Å²) in [6.45, 7) is 3.60. The number of para-hydroxylation sites is 1. The highest BCUT2D eigenvalue weighted by atomic mass is 32.2. The molecule has 1 heterocycles. The van der Waals surface area contributed by atoms with E-state index < -0.39 is 10.0 Å². The number of hydrogen-bond donors (Lipinski definition) is 1. The van der Waals surface area contributed by atoms with Crippen molar-refractivity contribution < 1.29 is 13.2 Å². The van der Waals surface area contributed by atoms with Crippen molar-refractivity contribution in [1.29, 1.82) is 0 Å². The van der Waals surface area contributed by atoms with Crippen LogP contribution in [0.3, 0.4) is 0 Å². The molecule has 0 aliphatic carbocycles. The number of aromatic nitrogens is 2. The molecule has 3 aromatic carbocycles. The van der Waals surface area contributed by atoms with Gasteiger partial charge in [-0.2, -0.15) is 18.6 Å². The molecule has 1 aromatic heterocycles. The summed E-state index contributed by atoms with van der Waals surface area (Å²) in [5.41, 5.74) is 4.56. The second kappa shape index (κ2) is 9.30. The summed E-state index contributed by atoms with van der Waals surface area (Å²) in [6, 6.07) is 22.4. The number of nitrogens with one attached hydrogen (secondary N) is 1. The van der Waals surface area contributed by atoms with Gasteiger partial charge in [0.15, 0.2) is 0 Å². The van der Waals surface area contributed by atoms with E-state index in [0.717, 1.165) is 22.6 Å². The van der Waals surface area contributed by atoms with Gasteiger partial charge in [0, 0.05) is 17.3 Å². The number of methoxy groups -OCH3 is 1. The minimum absolute atomic E-state index is 0.204. The lowest BCUT2D eigenvalue weighted by Gasteiger charge is -2.07. The Kier molecular flexibility index (Phi) is 6.28. The van der Waals surface area contributed by atoms with Crippen LogP contribution in [0.4, 0.5) is 0 Å². The van der Waals surface area contributed by atoms with Crippen molar-refractivity contribution in [2.75, 3.05) is 7.11 Å². The van der Waals surface area contributed by atoms with Crippen LogP contribution in [0, 0.1) is 13.8 Å². The standard InChI is InChI=1S/C25H24N4O3S/c1-18-9-10-19(2)24(15-18)33(30,31)28-26-16-21-17-29(22-7-5-4-6-8-22)27-25(21)20-11-13-23(32-3)14-12-20/h4-17,28H,1-3H3. The van der Waals surface area contributed by atoms with Gasteiger partial charge in [0.05, 0.1) is 23.9 Å². The van der Waals surface area contributed by atoms with Gasteiger partial charge in [-0.05, 0) is 67.4 Å². The van der Waals surface area contributed by atoms with Crippen LogP contribution in [-0.2, 0) is 10.0 Å². The molecular weight excluding hydrogens is 436 g/mol. The molecule has 33 heavy (non-hydrogen) atoms. The number of hydrogen-bond acceptors (Lipinski definition) is 5. The smallest absolute Gasteiger partial charge is 0.276 e. The van der Waals surface area contributed by atoms with Crippen LogP contribution in [0.2, 0.25) is 0 Å². The third-order valence-electron chi connectivity index (χ3n) is 5.14. The molecule has 0 spiro atoms. The minimum atomic E-state index is -3.81. The van der Waals surface area contributed by atoms with E-state index in [0.29, 0.717) is 16.8 Å². The first-order chi connectivity index (χ1) is 15.9. The lowest BCUT2D eigenvalue weighted by molar-refractivity contribution is 0.415. The summed E-state index contributed by atoms with van der Waals surface area (Å²) in [5, 5.41) is 8.76. The lowest BCUT2D eigenvalue weighted by Crippen LogP contribution is -2.19. The van der Waals surface area contributed by atoms with E-state index in [9.17, 15) is 8.42 Å². The van der Waals surface area contributed by atoms with Gasteiger partial charge < -0.3 is 4.74 Å². The average molecular weight is 461 g/mol. The van der Waals surface area contributed by atoms with Gasteiger partial charge in [-0.3, -0.25) is 0 Å². The Hall–Kier alpha value is -3.91. The van der Waals surface area contributed by atoms with Crippen LogP contribution in [0.1, 0.15) is 16.7 Å². The van der Waals surface area contributed by atoms with Crippen LogP contribution < -0.4 is 9.57 Å². The Morgan fingerprint density at radius 2 is 1.73 bits per heavy atom. The second-order valence-corrected chi connectivity index (χ2v) is 9.19. The minimum Gasteiger partial charge on any atom is -0.497 e. The molecule has 168 valence electrons. The van der Waals surface area contributed by atoms with Gasteiger partial charge in [0.1, 0.15) is 11.4 Å². The van der Waals surface area contributed by atoms with Crippen molar-refractivity contribution in [3.63, 3.8) is 0 Å². The molecule has 0 saturated heterocycles. The fraction of sp³-hybridized carbons (Fsp3) is 0.120. The zero-order chi connectivity index (χ0) is 23.4. The molecule has 0 bridgehead atoms. The number of nitrogens with zero attached hydrogens (tertiary/aromatic N) is 3. The number of rotatable bonds is 7. The Labute approximate surface area is 193 Å².